The predicted molar refractivity (Wildman–Crippen MR) is 112 cm³/mol. The fourth-order valence-corrected chi connectivity index (χ4v) is 3.63. The number of fused-ring (bicyclic) bond motifs is 2. The highest BCUT2D eigenvalue weighted by atomic mass is 19.1. The second-order valence-electron chi connectivity index (χ2n) is 7.33. The molecule has 3 aromatic heterocycles. The Hall–Kier alpha value is -3.81. The van der Waals surface area contributed by atoms with Crippen molar-refractivity contribution in [1.82, 2.24) is 29.8 Å². The molecule has 2 N–H and O–H groups in total. The summed E-state index contributed by atoms with van der Waals surface area (Å²) in [4.78, 5) is 7.77. The summed E-state index contributed by atoms with van der Waals surface area (Å²) in [5, 5.41) is 24.0. The summed E-state index contributed by atoms with van der Waals surface area (Å²) in [6.45, 7) is 6.02. The van der Waals surface area contributed by atoms with Gasteiger partial charge < -0.3 is 10.1 Å². The first kappa shape index (κ1) is 18.2. The summed E-state index contributed by atoms with van der Waals surface area (Å²) < 4.78 is 14.7. The van der Waals surface area contributed by atoms with Crippen LogP contribution in [0.5, 0.6) is 5.88 Å². The van der Waals surface area contributed by atoms with E-state index in [4.69, 9.17) is 0 Å². The highest BCUT2D eigenvalue weighted by molar-refractivity contribution is 5.83. The van der Waals surface area contributed by atoms with E-state index < -0.39 is 0 Å². The van der Waals surface area contributed by atoms with E-state index in [0.717, 1.165) is 39.0 Å². The van der Waals surface area contributed by atoms with Crippen LogP contribution >= 0.6 is 0 Å². The summed E-state index contributed by atoms with van der Waals surface area (Å²) in [5.74, 6) is -0.0609. The van der Waals surface area contributed by atoms with Gasteiger partial charge in [-0.1, -0.05) is 19.1 Å². The molecule has 0 aliphatic carbocycles. The molecule has 150 valence electrons. The molecule has 0 spiro atoms. The van der Waals surface area contributed by atoms with Crippen molar-refractivity contribution in [3.63, 3.8) is 0 Å². The second-order valence-corrected chi connectivity index (χ2v) is 7.33. The number of aryl methyl sites for hydroxylation is 3. The van der Waals surface area contributed by atoms with Crippen LogP contribution in [0.25, 0.3) is 39.3 Å². The maximum absolute atomic E-state index is 13.4. The number of nitrogens with zero attached hydrogens (tertiary/aromatic N) is 5. The molecular formula is C22H19FN6O. The van der Waals surface area contributed by atoms with Crippen molar-refractivity contribution >= 4 is 16.7 Å². The summed E-state index contributed by atoms with van der Waals surface area (Å²) in [6.07, 6.45) is 0.619. The quantitative estimate of drug-likeness (QED) is 0.468. The Morgan fingerprint density at radius 3 is 2.53 bits per heavy atom. The van der Waals surface area contributed by atoms with E-state index in [-0.39, 0.29) is 17.4 Å². The maximum atomic E-state index is 13.4. The van der Waals surface area contributed by atoms with Crippen LogP contribution in [0.2, 0.25) is 0 Å². The molecule has 8 heteroatoms. The Morgan fingerprint density at radius 1 is 1.07 bits per heavy atom. The number of aromatic nitrogens is 6. The topological polar surface area (TPSA) is 92.0 Å². The standard InChI is InChI=1S/C22H19FN6O/c1-4-15-18(13-5-7-14(23)8-6-13)21-27-26-19(22(30)29(21)28-15)20-24-16-9-11(2)12(3)10-17(16)25-20/h5-10,30H,4H2,1-3H3,(H,24,25). The molecule has 7 nitrogen and oxygen atoms in total. The number of hydrogen-bond acceptors (Lipinski definition) is 5. The van der Waals surface area contributed by atoms with Crippen LogP contribution in [-0.4, -0.2) is 34.9 Å². The molecule has 5 aromatic rings. The summed E-state index contributed by atoms with van der Waals surface area (Å²) >= 11 is 0. The first-order valence-corrected chi connectivity index (χ1v) is 9.66. The molecule has 0 radical (unpaired) electrons. The molecule has 0 atom stereocenters. The zero-order chi connectivity index (χ0) is 21.0. The number of rotatable bonds is 3. The van der Waals surface area contributed by atoms with Gasteiger partial charge in [0.25, 0.3) is 0 Å². The largest absolute Gasteiger partial charge is 0.492 e. The zero-order valence-electron chi connectivity index (χ0n) is 16.7. The molecule has 30 heavy (non-hydrogen) atoms. The molecule has 0 aliphatic heterocycles. The van der Waals surface area contributed by atoms with Crippen molar-refractivity contribution in [2.24, 2.45) is 0 Å². The molecule has 0 saturated carbocycles. The Morgan fingerprint density at radius 2 is 1.80 bits per heavy atom. The lowest BCUT2D eigenvalue weighted by Crippen LogP contribution is -1.99. The van der Waals surface area contributed by atoms with E-state index in [2.05, 4.69) is 25.3 Å². The second kappa shape index (κ2) is 6.62. The van der Waals surface area contributed by atoms with Crippen LogP contribution in [0.4, 0.5) is 4.39 Å². The minimum absolute atomic E-state index is 0.157. The zero-order valence-corrected chi connectivity index (χ0v) is 16.7. The van der Waals surface area contributed by atoms with E-state index in [0.29, 0.717) is 17.9 Å². The smallest absolute Gasteiger partial charge is 0.246 e. The average molecular weight is 402 g/mol. The van der Waals surface area contributed by atoms with Crippen LogP contribution in [-0.2, 0) is 6.42 Å². The summed E-state index contributed by atoms with van der Waals surface area (Å²) in [5.41, 5.74) is 6.77. The van der Waals surface area contributed by atoms with Crippen molar-refractivity contribution in [2.45, 2.75) is 27.2 Å². The minimum atomic E-state index is -0.320. The van der Waals surface area contributed by atoms with Crippen molar-refractivity contribution < 1.29 is 9.50 Å². The Balaban J connectivity index is 1.71. The number of hydrogen-bond donors (Lipinski definition) is 2. The molecule has 0 fully saturated rings. The summed E-state index contributed by atoms with van der Waals surface area (Å²) in [6, 6.07) is 10.1. The van der Waals surface area contributed by atoms with E-state index in [1.165, 1.54) is 16.6 Å². The molecule has 0 saturated heterocycles. The minimum Gasteiger partial charge on any atom is -0.492 e. The Kier molecular flexibility index (Phi) is 4.02. The fraction of sp³-hybridized carbons (Fsp3) is 0.182. The third-order valence-electron chi connectivity index (χ3n) is 5.38. The van der Waals surface area contributed by atoms with Crippen molar-refractivity contribution in [3.05, 3.63) is 59.0 Å². The third-order valence-corrected chi connectivity index (χ3v) is 5.38. The predicted octanol–water partition coefficient (Wildman–Crippen LogP) is 4.36. The fourth-order valence-electron chi connectivity index (χ4n) is 3.63. The van der Waals surface area contributed by atoms with Gasteiger partial charge in [0, 0.05) is 0 Å². The molecule has 5 rings (SSSR count). The highest BCUT2D eigenvalue weighted by Gasteiger charge is 2.22. The first-order chi connectivity index (χ1) is 14.5. The van der Waals surface area contributed by atoms with Gasteiger partial charge in [0.1, 0.15) is 5.82 Å². The Bertz CT molecular complexity index is 1380. The Labute approximate surface area is 171 Å². The van der Waals surface area contributed by atoms with E-state index in [1.807, 2.05) is 32.9 Å². The third kappa shape index (κ3) is 2.72. The van der Waals surface area contributed by atoms with E-state index in [1.54, 1.807) is 12.1 Å². The van der Waals surface area contributed by atoms with Crippen molar-refractivity contribution in [1.29, 1.82) is 0 Å². The molecular weight excluding hydrogens is 383 g/mol. The lowest BCUT2D eigenvalue weighted by molar-refractivity contribution is 0.432. The van der Waals surface area contributed by atoms with Gasteiger partial charge in [-0.25, -0.2) is 9.37 Å². The molecule has 3 heterocycles. The number of aromatic hydroxyl groups is 1. The number of imidazole rings is 1. The van der Waals surface area contributed by atoms with E-state index in [9.17, 15) is 9.50 Å². The van der Waals surface area contributed by atoms with Crippen LogP contribution < -0.4 is 0 Å². The average Bonchev–Trinajstić information content (AvgIpc) is 3.31. The normalized spacial score (nSPS) is 11.6. The number of H-pyrrole nitrogens is 1. The lowest BCUT2D eigenvalue weighted by Gasteiger charge is -2.03. The number of nitrogens with one attached hydrogen (secondary N) is 1. The SMILES string of the molecule is CCc1nn2c(O)c(-c3nc4cc(C)c(C)cc4[nH]3)nnc2c1-c1ccc(F)cc1. The van der Waals surface area contributed by atoms with Crippen LogP contribution in [0.3, 0.4) is 0 Å². The van der Waals surface area contributed by atoms with E-state index >= 15 is 0 Å². The first-order valence-electron chi connectivity index (χ1n) is 9.66. The van der Waals surface area contributed by atoms with Crippen LogP contribution in [0, 0.1) is 19.7 Å². The monoisotopic (exact) mass is 402 g/mol. The van der Waals surface area contributed by atoms with Gasteiger partial charge in [-0.05, 0) is 61.2 Å². The number of halogens is 1. The summed E-state index contributed by atoms with van der Waals surface area (Å²) in [7, 11) is 0. The van der Waals surface area contributed by atoms with Crippen LogP contribution in [0.1, 0.15) is 23.7 Å². The molecule has 0 bridgehead atoms. The van der Waals surface area contributed by atoms with Crippen LogP contribution in [0.15, 0.2) is 36.4 Å². The van der Waals surface area contributed by atoms with Crippen molar-refractivity contribution in [3.8, 4) is 28.5 Å². The van der Waals surface area contributed by atoms with Gasteiger partial charge in [-0.2, -0.15) is 9.61 Å². The van der Waals surface area contributed by atoms with Gasteiger partial charge in [0.05, 0.1) is 22.3 Å². The molecule has 2 aromatic carbocycles. The van der Waals surface area contributed by atoms with Gasteiger partial charge in [-0.15, -0.1) is 10.2 Å². The highest BCUT2D eigenvalue weighted by Crippen LogP contribution is 2.33. The van der Waals surface area contributed by atoms with Gasteiger partial charge >= 0.3 is 0 Å². The lowest BCUT2D eigenvalue weighted by atomic mass is 10.0. The number of benzene rings is 2. The number of aromatic amines is 1. The van der Waals surface area contributed by atoms with Crippen molar-refractivity contribution in [2.75, 3.05) is 0 Å². The van der Waals surface area contributed by atoms with Gasteiger partial charge in [-0.3, -0.25) is 0 Å². The van der Waals surface area contributed by atoms with Gasteiger partial charge in [0.2, 0.25) is 5.88 Å². The molecule has 0 unspecified atom stereocenters. The maximum Gasteiger partial charge on any atom is 0.246 e. The molecule has 0 amide bonds. The van der Waals surface area contributed by atoms with Gasteiger partial charge in [0.15, 0.2) is 17.2 Å². The molecule has 0 aliphatic rings.